The van der Waals surface area contributed by atoms with E-state index in [4.69, 9.17) is 5.11 Å². The Morgan fingerprint density at radius 2 is 2.10 bits per heavy atom. The number of carbonyl (C=O) groups excluding carboxylic acids is 1. The summed E-state index contributed by atoms with van der Waals surface area (Å²) in [4.78, 5) is 23.2. The molecule has 0 aliphatic heterocycles. The number of nitrogens with zero attached hydrogens (tertiary/aromatic N) is 2. The summed E-state index contributed by atoms with van der Waals surface area (Å²) < 4.78 is 1.66. The molecular formula is C15H15N3O3. The zero-order valence-electron chi connectivity index (χ0n) is 11.5. The Bertz CT molecular complexity index is 748. The number of nitrogens with one attached hydrogen (secondary N) is 1. The molecule has 6 heteroatoms. The number of carbonyl (C=O) groups is 2. The van der Waals surface area contributed by atoms with E-state index in [1.807, 2.05) is 24.3 Å². The fourth-order valence-electron chi connectivity index (χ4n) is 2.61. The van der Waals surface area contributed by atoms with Gasteiger partial charge >= 0.3 is 5.97 Å². The fourth-order valence-corrected chi connectivity index (χ4v) is 2.61. The number of carboxylic acids is 1. The number of aliphatic carboxylic acids is 1. The van der Waals surface area contributed by atoms with E-state index in [1.54, 1.807) is 23.9 Å². The highest BCUT2D eigenvalue weighted by atomic mass is 16.4. The molecule has 1 amide bonds. The van der Waals surface area contributed by atoms with Crippen molar-refractivity contribution in [3.63, 3.8) is 0 Å². The van der Waals surface area contributed by atoms with Crippen molar-refractivity contribution in [2.75, 3.05) is 0 Å². The average molecular weight is 285 g/mol. The standard InChI is InChI=1S/C15H15N3O3/c1-18-12-5-3-2-4-11(12)13(17-18)14(19)16-10-7-6-9(8-10)15(20)21/h2-7,9-10H,8H2,1H3,(H,16,19)(H,20,21). The molecule has 2 atom stereocenters. The van der Waals surface area contributed by atoms with Crippen LogP contribution in [-0.2, 0) is 11.8 Å². The van der Waals surface area contributed by atoms with E-state index in [0.29, 0.717) is 12.1 Å². The van der Waals surface area contributed by atoms with E-state index in [-0.39, 0.29) is 11.9 Å². The van der Waals surface area contributed by atoms with Gasteiger partial charge in [-0.15, -0.1) is 0 Å². The molecule has 1 aliphatic rings. The maximum atomic E-state index is 12.3. The van der Waals surface area contributed by atoms with Crippen molar-refractivity contribution in [3.8, 4) is 0 Å². The molecule has 21 heavy (non-hydrogen) atoms. The number of para-hydroxylation sites is 1. The van der Waals surface area contributed by atoms with Crippen LogP contribution in [-0.4, -0.2) is 32.8 Å². The van der Waals surface area contributed by atoms with Gasteiger partial charge in [0.05, 0.1) is 11.4 Å². The number of amides is 1. The first-order chi connectivity index (χ1) is 10.1. The minimum absolute atomic E-state index is 0.264. The number of benzene rings is 1. The quantitative estimate of drug-likeness (QED) is 0.833. The molecule has 1 heterocycles. The molecule has 1 aliphatic carbocycles. The lowest BCUT2D eigenvalue weighted by molar-refractivity contribution is -0.140. The van der Waals surface area contributed by atoms with Gasteiger partial charge in [0.1, 0.15) is 0 Å². The molecule has 0 fully saturated rings. The van der Waals surface area contributed by atoms with Gasteiger partial charge < -0.3 is 10.4 Å². The topological polar surface area (TPSA) is 84.2 Å². The predicted molar refractivity (Wildman–Crippen MR) is 76.9 cm³/mol. The lowest BCUT2D eigenvalue weighted by Crippen LogP contribution is -2.33. The second-order valence-electron chi connectivity index (χ2n) is 5.13. The van der Waals surface area contributed by atoms with Crippen molar-refractivity contribution < 1.29 is 14.7 Å². The zero-order valence-corrected chi connectivity index (χ0v) is 11.5. The minimum Gasteiger partial charge on any atom is -0.481 e. The Kier molecular flexibility index (Phi) is 3.21. The molecule has 0 radical (unpaired) electrons. The van der Waals surface area contributed by atoms with Crippen molar-refractivity contribution in [2.24, 2.45) is 13.0 Å². The van der Waals surface area contributed by atoms with Gasteiger partial charge in [-0.05, 0) is 12.5 Å². The van der Waals surface area contributed by atoms with Crippen LogP contribution in [0, 0.1) is 5.92 Å². The SMILES string of the molecule is Cn1nc(C(=O)NC2C=CC(C(=O)O)C2)c2ccccc21. The highest BCUT2D eigenvalue weighted by Crippen LogP contribution is 2.20. The second kappa shape index (κ2) is 5.05. The lowest BCUT2D eigenvalue weighted by Gasteiger charge is -2.11. The van der Waals surface area contributed by atoms with Crippen LogP contribution in [0.2, 0.25) is 0 Å². The van der Waals surface area contributed by atoms with Crippen molar-refractivity contribution in [1.82, 2.24) is 15.1 Å². The molecule has 0 spiro atoms. The summed E-state index contributed by atoms with van der Waals surface area (Å²) in [7, 11) is 1.79. The summed E-state index contributed by atoms with van der Waals surface area (Å²) in [6, 6.07) is 7.23. The second-order valence-corrected chi connectivity index (χ2v) is 5.13. The van der Waals surface area contributed by atoms with Crippen LogP contribution < -0.4 is 5.32 Å². The van der Waals surface area contributed by atoms with Crippen LogP contribution in [0.25, 0.3) is 10.9 Å². The monoisotopic (exact) mass is 285 g/mol. The van der Waals surface area contributed by atoms with Crippen molar-refractivity contribution in [3.05, 3.63) is 42.1 Å². The van der Waals surface area contributed by atoms with Gasteiger partial charge in [-0.1, -0.05) is 30.4 Å². The molecule has 1 aromatic carbocycles. The third-order valence-electron chi connectivity index (χ3n) is 3.69. The maximum absolute atomic E-state index is 12.3. The summed E-state index contributed by atoms with van der Waals surface area (Å²) in [6.45, 7) is 0. The Hall–Kier alpha value is -2.63. The molecule has 2 aromatic rings. The van der Waals surface area contributed by atoms with Gasteiger partial charge in [-0.2, -0.15) is 5.10 Å². The van der Waals surface area contributed by atoms with Crippen LogP contribution in [0.3, 0.4) is 0 Å². The summed E-state index contributed by atoms with van der Waals surface area (Å²) in [5, 5.41) is 16.8. The molecule has 3 rings (SSSR count). The van der Waals surface area contributed by atoms with Crippen LogP contribution in [0.5, 0.6) is 0 Å². The molecule has 2 unspecified atom stereocenters. The predicted octanol–water partition coefficient (Wildman–Crippen LogP) is 1.33. The zero-order chi connectivity index (χ0) is 15.0. The van der Waals surface area contributed by atoms with Gasteiger partial charge in [0.15, 0.2) is 5.69 Å². The maximum Gasteiger partial charge on any atom is 0.310 e. The van der Waals surface area contributed by atoms with E-state index >= 15 is 0 Å². The summed E-state index contributed by atoms with van der Waals surface area (Å²) in [6.07, 6.45) is 3.72. The highest BCUT2D eigenvalue weighted by molar-refractivity contribution is 6.05. The molecule has 1 aromatic heterocycles. The smallest absolute Gasteiger partial charge is 0.310 e. The minimum atomic E-state index is -0.869. The molecule has 2 N–H and O–H groups in total. The van der Waals surface area contributed by atoms with Crippen molar-refractivity contribution in [2.45, 2.75) is 12.5 Å². The van der Waals surface area contributed by atoms with E-state index in [9.17, 15) is 9.59 Å². The van der Waals surface area contributed by atoms with Crippen molar-refractivity contribution in [1.29, 1.82) is 0 Å². The molecular weight excluding hydrogens is 270 g/mol. The van der Waals surface area contributed by atoms with Gasteiger partial charge in [-0.3, -0.25) is 14.3 Å². The first-order valence-corrected chi connectivity index (χ1v) is 6.70. The highest BCUT2D eigenvalue weighted by Gasteiger charge is 2.26. The normalized spacial score (nSPS) is 20.8. The van der Waals surface area contributed by atoms with E-state index in [1.165, 1.54) is 0 Å². The number of hydrogen-bond acceptors (Lipinski definition) is 3. The van der Waals surface area contributed by atoms with E-state index < -0.39 is 11.9 Å². The van der Waals surface area contributed by atoms with Gasteiger partial charge in [0.25, 0.3) is 5.91 Å². The fraction of sp³-hybridized carbons (Fsp3) is 0.267. The Balaban J connectivity index is 1.80. The molecule has 0 saturated carbocycles. The van der Waals surface area contributed by atoms with Gasteiger partial charge in [-0.25, -0.2) is 0 Å². The average Bonchev–Trinajstić information content (AvgIpc) is 3.05. The van der Waals surface area contributed by atoms with Gasteiger partial charge in [0.2, 0.25) is 0 Å². The third-order valence-corrected chi connectivity index (χ3v) is 3.69. The number of rotatable bonds is 3. The Morgan fingerprint density at radius 1 is 1.33 bits per heavy atom. The molecule has 6 nitrogen and oxygen atoms in total. The van der Waals surface area contributed by atoms with Crippen LogP contribution in [0.1, 0.15) is 16.9 Å². The van der Waals surface area contributed by atoms with Crippen LogP contribution in [0.15, 0.2) is 36.4 Å². The molecule has 0 bridgehead atoms. The van der Waals surface area contributed by atoms with Crippen LogP contribution >= 0.6 is 0 Å². The number of carboxylic acid groups (broad SMARTS) is 1. The first-order valence-electron chi connectivity index (χ1n) is 6.70. The van der Waals surface area contributed by atoms with Crippen molar-refractivity contribution >= 4 is 22.8 Å². The Labute approximate surface area is 121 Å². The summed E-state index contributed by atoms with van der Waals surface area (Å²) in [5.41, 5.74) is 1.24. The number of aryl methyl sites for hydroxylation is 1. The van der Waals surface area contributed by atoms with E-state index in [0.717, 1.165) is 10.9 Å². The molecule has 0 saturated heterocycles. The summed E-state index contributed by atoms with van der Waals surface area (Å²) >= 11 is 0. The number of fused-ring (bicyclic) bond motifs is 1. The third kappa shape index (κ3) is 2.40. The summed E-state index contributed by atoms with van der Waals surface area (Å²) in [5.74, 6) is -1.69. The van der Waals surface area contributed by atoms with E-state index in [2.05, 4.69) is 10.4 Å². The number of hydrogen-bond donors (Lipinski definition) is 2. The first kappa shape index (κ1) is 13.4. The van der Waals surface area contributed by atoms with Gasteiger partial charge in [0, 0.05) is 18.5 Å². The largest absolute Gasteiger partial charge is 0.481 e. The molecule has 108 valence electrons. The van der Waals surface area contributed by atoms with Crippen LogP contribution in [0.4, 0.5) is 0 Å². The lowest BCUT2D eigenvalue weighted by atomic mass is 10.1. The Morgan fingerprint density at radius 3 is 2.81 bits per heavy atom. The number of aromatic nitrogens is 2.